The Labute approximate surface area is 73.7 Å². The van der Waals surface area contributed by atoms with Crippen molar-refractivity contribution >= 4 is 17.7 Å². The van der Waals surface area contributed by atoms with Gasteiger partial charge in [0.15, 0.2) is 0 Å². The van der Waals surface area contributed by atoms with E-state index in [4.69, 9.17) is 5.11 Å². The summed E-state index contributed by atoms with van der Waals surface area (Å²) in [5.41, 5.74) is 0.0899. The molecule has 1 N–H and O–H groups in total. The second-order valence-electron chi connectivity index (χ2n) is 2.67. The SMILES string of the molecule is O=C1CN2C(C(=O)O)=CC=CC2=N1. The Morgan fingerprint density at radius 1 is 1.62 bits per heavy atom. The summed E-state index contributed by atoms with van der Waals surface area (Å²) in [4.78, 5) is 26.6. The Bertz CT molecular complexity index is 379. The molecule has 0 saturated carbocycles. The van der Waals surface area contributed by atoms with Gasteiger partial charge in [-0.1, -0.05) is 6.08 Å². The zero-order valence-electron chi connectivity index (χ0n) is 6.60. The minimum atomic E-state index is -1.05. The number of amides is 1. The molecule has 0 saturated heterocycles. The number of aliphatic carboxylic acids is 1. The number of hydrogen-bond acceptors (Lipinski definition) is 3. The Morgan fingerprint density at radius 3 is 3.08 bits per heavy atom. The van der Waals surface area contributed by atoms with Crippen molar-refractivity contribution < 1.29 is 14.7 Å². The fourth-order valence-corrected chi connectivity index (χ4v) is 1.28. The molecule has 0 aliphatic carbocycles. The van der Waals surface area contributed by atoms with Crippen LogP contribution in [0.4, 0.5) is 0 Å². The third-order valence-electron chi connectivity index (χ3n) is 1.82. The molecule has 0 radical (unpaired) electrons. The number of amidine groups is 1. The highest BCUT2D eigenvalue weighted by Crippen LogP contribution is 2.16. The smallest absolute Gasteiger partial charge is 0.352 e. The van der Waals surface area contributed by atoms with Crippen molar-refractivity contribution in [2.75, 3.05) is 6.54 Å². The number of nitrogens with zero attached hydrogens (tertiary/aromatic N) is 2. The summed E-state index contributed by atoms with van der Waals surface area (Å²) in [6.07, 6.45) is 4.62. The number of aliphatic imine (C=N–C) groups is 1. The maximum Gasteiger partial charge on any atom is 0.352 e. The van der Waals surface area contributed by atoms with Crippen molar-refractivity contribution in [3.8, 4) is 0 Å². The number of carboxylic acid groups (broad SMARTS) is 1. The molecule has 5 nitrogen and oxygen atoms in total. The molecule has 2 aliphatic heterocycles. The number of carbonyl (C=O) groups excluding carboxylic acids is 1. The van der Waals surface area contributed by atoms with E-state index in [0.717, 1.165) is 0 Å². The first kappa shape index (κ1) is 7.72. The lowest BCUT2D eigenvalue weighted by Gasteiger charge is -2.19. The second-order valence-corrected chi connectivity index (χ2v) is 2.67. The van der Waals surface area contributed by atoms with Crippen LogP contribution < -0.4 is 0 Å². The minimum absolute atomic E-state index is 0.0256. The van der Waals surface area contributed by atoms with Crippen LogP contribution in [0.2, 0.25) is 0 Å². The molecule has 2 heterocycles. The summed E-state index contributed by atoms with van der Waals surface area (Å²) >= 11 is 0. The van der Waals surface area contributed by atoms with Crippen molar-refractivity contribution in [3.63, 3.8) is 0 Å². The van der Waals surface area contributed by atoms with Crippen LogP contribution >= 0.6 is 0 Å². The normalized spacial score (nSPS) is 19.7. The summed E-state index contributed by atoms with van der Waals surface area (Å²) < 4.78 is 0. The maximum absolute atomic E-state index is 10.9. The van der Waals surface area contributed by atoms with Crippen molar-refractivity contribution in [2.24, 2.45) is 4.99 Å². The van der Waals surface area contributed by atoms with Gasteiger partial charge in [0, 0.05) is 0 Å². The van der Waals surface area contributed by atoms with Crippen molar-refractivity contribution in [1.82, 2.24) is 4.90 Å². The third kappa shape index (κ3) is 1.14. The van der Waals surface area contributed by atoms with Crippen molar-refractivity contribution in [1.29, 1.82) is 0 Å². The topological polar surface area (TPSA) is 70.0 Å². The van der Waals surface area contributed by atoms with Gasteiger partial charge in [-0.25, -0.2) is 4.79 Å². The molecule has 0 spiro atoms. The van der Waals surface area contributed by atoms with Crippen LogP contribution in [-0.2, 0) is 9.59 Å². The largest absolute Gasteiger partial charge is 0.477 e. The highest BCUT2D eigenvalue weighted by atomic mass is 16.4. The van der Waals surface area contributed by atoms with Crippen molar-refractivity contribution in [2.45, 2.75) is 0 Å². The highest BCUT2D eigenvalue weighted by Gasteiger charge is 2.29. The molecule has 5 heteroatoms. The molecule has 0 aromatic rings. The van der Waals surface area contributed by atoms with Crippen LogP contribution in [0.3, 0.4) is 0 Å². The van der Waals surface area contributed by atoms with E-state index >= 15 is 0 Å². The predicted molar refractivity (Wildman–Crippen MR) is 44.0 cm³/mol. The summed E-state index contributed by atoms with van der Waals surface area (Å²) in [5.74, 6) is -0.953. The number of fused-ring (bicyclic) bond motifs is 1. The zero-order chi connectivity index (χ0) is 9.42. The van der Waals surface area contributed by atoms with E-state index in [9.17, 15) is 9.59 Å². The van der Waals surface area contributed by atoms with Gasteiger partial charge in [-0.05, 0) is 12.2 Å². The van der Waals surface area contributed by atoms with E-state index in [2.05, 4.69) is 4.99 Å². The molecule has 13 heavy (non-hydrogen) atoms. The van der Waals surface area contributed by atoms with Crippen LogP contribution in [0.15, 0.2) is 28.9 Å². The summed E-state index contributed by atoms with van der Waals surface area (Å²) in [6.45, 7) is 0.0256. The van der Waals surface area contributed by atoms with Gasteiger partial charge in [0.2, 0.25) is 0 Å². The Balaban J connectivity index is 2.39. The summed E-state index contributed by atoms with van der Waals surface area (Å²) in [5, 5.41) is 8.76. The Hall–Kier alpha value is -1.91. The van der Waals surface area contributed by atoms with Crippen LogP contribution in [0.1, 0.15) is 0 Å². The molecule has 1 amide bonds. The van der Waals surface area contributed by atoms with Gasteiger partial charge in [-0.2, -0.15) is 4.99 Å². The van der Waals surface area contributed by atoms with Gasteiger partial charge < -0.3 is 10.0 Å². The zero-order valence-corrected chi connectivity index (χ0v) is 6.60. The monoisotopic (exact) mass is 178 g/mol. The average molecular weight is 178 g/mol. The second kappa shape index (κ2) is 2.55. The van der Waals surface area contributed by atoms with Gasteiger partial charge >= 0.3 is 5.97 Å². The lowest BCUT2D eigenvalue weighted by molar-refractivity contribution is -0.133. The maximum atomic E-state index is 10.9. The molecule has 0 fully saturated rings. The molecule has 0 unspecified atom stereocenters. The fourth-order valence-electron chi connectivity index (χ4n) is 1.28. The molecule has 2 aliphatic rings. The Morgan fingerprint density at radius 2 is 2.38 bits per heavy atom. The highest BCUT2D eigenvalue weighted by molar-refractivity contribution is 6.11. The molecule has 2 rings (SSSR count). The van der Waals surface area contributed by atoms with Gasteiger partial charge in [0.25, 0.3) is 5.91 Å². The molecule has 0 bridgehead atoms. The molecule has 66 valence electrons. The van der Waals surface area contributed by atoms with Crippen molar-refractivity contribution in [3.05, 3.63) is 23.9 Å². The van der Waals surface area contributed by atoms with Crippen LogP contribution in [0, 0.1) is 0 Å². The van der Waals surface area contributed by atoms with Crippen LogP contribution in [-0.4, -0.2) is 34.3 Å². The first-order chi connectivity index (χ1) is 6.18. The van der Waals surface area contributed by atoms with Gasteiger partial charge in [0.1, 0.15) is 18.1 Å². The average Bonchev–Trinajstić information content (AvgIpc) is 2.43. The summed E-state index contributed by atoms with van der Waals surface area (Å²) in [6, 6.07) is 0. The van der Waals surface area contributed by atoms with Gasteiger partial charge in [0.05, 0.1) is 0 Å². The van der Waals surface area contributed by atoms with E-state index in [1.165, 1.54) is 11.0 Å². The standard InChI is InChI=1S/C8H6N2O3/c11-7-4-10-5(8(12)13)2-1-3-6(10)9-7/h1-3H,4H2,(H,12,13). The third-order valence-corrected chi connectivity index (χ3v) is 1.82. The first-order valence-electron chi connectivity index (χ1n) is 3.69. The van der Waals surface area contributed by atoms with Gasteiger partial charge in [-0.15, -0.1) is 0 Å². The quantitative estimate of drug-likeness (QED) is 0.601. The number of rotatable bonds is 1. The van der Waals surface area contributed by atoms with E-state index in [-0.39, 0.29) is 18.1 Å². The lowest BCUT2D eigenvalue weighted by atomic mass is 10.2. The van der Waals surface area contributed by atoms with Crippen LogP contribution in [0.25, 0.3) is 0 Å². The number of carboxylic acids is 1. The lowest BCUT2D eigenvalue weighted by Crippen LogP contribution is -2.32. The molecule has 0 atom stereocenters. The van der Waals surface area contributed by atoms with Gasteiger partial charge in [-0.3, -0.25) is 4.79 Å². The van der Waals surface area contributed by atoms with E-state index in [0.29, 0.717) is 5.84 Å². The number of allylic oxidation sites excluding steroid dienone is 2. The number of hydrogen-bond donors (Lipinski definition) is 1. The Kier molecular flexibility index (Phi) is 1.51. The van der Waals surface area contributed by atoms with Crippen LogP contribution in [0.5, 0.6) is 0 Å². The van der Waals surface area contributed by atoms with E-state index in [1.807, 2.05) is 0 Å². The molecule has 0 aromatic carbocycles. The first-order valence-corrected chi connectivity index (χ1v) is 3.69. The molecule has 0 aromatic heterocycles. The molecular formula is C8H6N2O3. The summed E-state index contributed by atoms with van der Waals surface area (Å²) in [7, 11) is 0. The van der Waals surface area contributed by atoms with E-state index in [1.54, 1.807) is 12.2 Å². The number of carbonyl (C=O) groups is 2. The predicted octanol–water partition coefficient (Wildman–Crippen LogP) is -0.235. The minimum Gasteiger partial charge on any atom is -0.477 e. The molecular weight excluding hydrogens is 172 g/mol. The fraction of sp³-hybridized carbons (Fsp3) is 0.125. The van der Waals surface area contributed by atoms with E-state index < -0.39 is 5.97 Å².